The molecule has 4 N–H and O–H groups in total. The number of thiophene rings is 1. The molecule has 0 amide bonds. The van der Waals surface area contributed by atoms with Crippen LogP contribution in [0, 0.1) is 17.8 Å². The third-order valence-corrected chi connectivity index (χ3v) is 16.4. The average Bonchev–Trinajstić information content (AvgIpc) is 3.35. The second kappa shape index (κ2) is 15.5. The van der Waals surface area contributed by atoms with E-state index >= 15 is 0 Å². The molecule has 0 aromatic carbocycles. The number of carboxylic acids is 1. The minimum Gasteiger partial charge on any atom is -0.481 e. The van der Waals surface area contributed by atoms with E-state index in [1.165, 1.54) is 12.3 Å². The fourth-order valence-corrected chi connectivity index (χ4v) is 12.8. The summed E-state index contributed by atoms with van der Waals surface area (Å²) >= 11 is 14.0. The lowest BCUT2D eigenvalue weighted by Crippen LogP contribution is -2.48. The van der Waals surface area contributed by atoms with E-state index in [-0.39, 0.29) is 28.0 Å². The predicted octanol–water partition coefficient (Wildman–Crippen LogP) is 5.53. The number of carbonyl (C=O) groups is 1. The summed E-state index contributed by atoms with van der Waals surface area (Å²) in [6.07, 6.45) is 7.89. The molecule has 11 nitrogen and oxygen atoms in total. The monoisotopic (exact) mass is 844 g/mol. The lowest BCUT2D eigenvalue weighted by Gasteiger charge is -2.33. The molecule has 2 aromatic heterocycles. The van der Waals surface area contributed by atoms with E-state index in [1.54, 1.807) is 10.4 Å². The van der Waals surface area contributed by atoms with Crippen LogP contribution in [0.15, 0.2) is 36.4 Å². The summed E-state index contributed by atoms with van der Waals surface area (Å²) in [5.74, 6) is -1.01. The van der Waals surface area contributed by atoms with Crippen molar-refractivity contribution in [1.29, 1.82) is 0 Å². The maximum absolute atomic E-state index is 13.2. The van der Waals surface area contributed by atoms with Gasteiger partial charge in [0, 0.05) is 34.3 Å². The SMILES string of the molecule is O=C(O)C1CCC(O)CC1NS(=O)(=O)c1cnc(C2CC(CCCC3CCN(S(=O)(=O)c4cc(Br)c(Cl)s4)CC3)CCN2)c(Br)c1. The Kier molecular flexibility index (Phi) is 12.3. The van der Waals surface area contributed by atoms with Crippen LogP contribution in [0.5, 0.6) is 0 Å². The second-order valence-electron chi connectivity index (χ2n) is 12.5. The highest BCUT2D eigenvalue weighted by atomic mass is 79.9. The highest BCUT2D eigenvalue weighted by Crippen LogP contribution is 2.38. The Balaban J connectivity index is 1.11. The van der Waals surface area contributed by atoms with Crippen molar-refractivity contribution in [3.8, 4) is 0 Å². The molecule has 0 bridgehead atoms. The van der Waals surface area contributed by atoms with Crippen LogP contribution in [0.3, 0.4) is 0 Å². The summed E-state index contributed by atoms with van der Waals surface area (Å²) in [4.78, 5) is 16.1. The van der Waals surface area contributed by atoms with Crippen LogP contribution >= 0.6 is 54.8 Å². The van der Waals surface area contributed by atoms with Crippen LogP contribution in [0.2, 0.25) is 4.34 Å². The molecular formula is C29H39Br2ClN4O7S3. The highest BCUT2D eigenvalue weighted by Gasteiger charge is 2.38. The smallest absolute Gasteiger partial charge is 0.308 e. The molecule has 2 aliphatic heterocycles. The van der Waals surface area contributed by atoms with Crippen LogP contribution in [-0.4, -0.2) is 74.1 Å². The number of aromatic nitrogens is 1. The third-order valence-electron chi connectivity index (χ3n) is 9.46. The molecule has 5 unspecified atom stereocenters. The zero-order valence-corrected chi connectivity index (χ0v) is 31.5. The van der Waals surface area contributed by atoms with E-state index in [9.17, 15) is 31.8 Å². The minimum atomic E-state index is -4.06. The first-order valence-electron chi connectivity index (χ1n) is 15.5. The Morgan fingerprint density at radius 1 is 1.04 bits per heavy atom. The summed E-state index contributed by atoms with van der Waals surface area (Å²) in [6.45, 7) is 1.85. The van der Waals surface area contributed by atoms with Gasteiger partial charge in [0.1, 0.15) is 13.4 Å². The Labute approximate surface area is 296 Å². The molecule has 46 heavy (non-hydrogen) atoms. The molecule has 3 aliphatic rings. The molecular weight excluding hydrogens is 808 g/mol. The molecule has 1 aliphatic carbocycles. The van der Waals surface area contributed by atoms with Crippen molar-refractivity contribution in [2.24, 2.45) is 17.8 Å². The van der Waals surface area contributed by atoms with Crippen molar-refractivity contribution < 1.29 is 31.8 Å². The van der Waals surface area contributed by atoms with Gasteiger partial charge in [-0.2, -0.15) is 4.31 Å². The van der Waals surface area contributed by atoms with Gasteiger partial charge in [0.2, 0.25) is 10.0 Å². The maximum atomic E-state index is 13.2. The molecule has 0 spiro atoms. The van der Waals surface area contributed by atoms with E-state index in [2.05, 4.69) is 46.9 Å². The summed E-state index contributed by atoms with van der Waals surface area (Å²) in [7, 11) is -7.59. The lowest BCUT2D eigenvalue weighted by molar-refractivity contribution is -0.144. The minimum absolute atomic E-state index is 0.0399. The molecule has 1 saturated carbocycles. The van der Waals surface area contributed by atoms with Gasteiger partial charge in [-0.3, -0.25) is 9.78 Å². The van der Waals surface area contributed by atoms with Gasteiger partial charge in [-0.1, -0.05) is 30.9 Å². The maximum Gasteiger partial charge on any atom is 0.308 e. The van der Waals surface area contributed by atoms with E-state index < -0.39 is 44.1 Å². The zero-order chi connectivity index (χ0) is 33.2. The molecule has 5 rings (SSSR count). The molecule has 4 heterocycles. The molecule has 3 fully saturated rings. The largest absolute Gasteiger partial charge is 0.481 e. The van der Waals surface area contributed by atoms with Gasteiger partial charge < -0.3 is 15.5 Å². The van der Waals surface area contributed by atoms with Crippen molar-refractivity contribution in [3.63, 3.8) is 0 Å². The van der Waals surface area contributed by atoms with E-state index in [1.807, 2.05) is 0 Å². The van der Waals surface area contributed by atoms with Gasteiger partial charge in [-0.05, 0) is 107 Å². The summed E-state index contributed by atoms with van der Waals surface area (Å²) < 4.78 is 58.3. The fraction of sp³-hybridized carbons (Fsp3) is 0.655. The lowest BCUT2D eigenvalue weighted by atomic mass is 9.83. The standard InChI is InChI=1S/C29H39Br2ClN4O7S3/c30-22-14-20(45(40,41)35-24-13-19(37)4-5-21(24)29(38)39)16-34-27(22)25-12-18(6-9-33-25)3-1-2-17-7-10-36(11-8-17)46(42,43)26-15-23(31)28(32)44-26/h14-19,21,24-25,33,35,37H,1-13H2,(H,38,39). The molecule has 5 atom stereocenters. The quantitative estimate of drug-likeness (QED) is 0.228. The Bertz CT molecular complexity index is 1600. The van der Waals surface area contributed by atoms with Gasteiger partial charge >= 0.3 is 5.97 Å². The van der Waals surface area contributed by atoms with Crippen molar-refractivity contribution in [2.75, 3.05) is 19.6 Å². The normalized spacial score (nSPS) is 27.1. The number of halogens is 3. The molecule has 17 heteroatoms. The highest BCUT2D eigenvalue weighted by molar-refractivity contribution is 9.10. The number of rotatable bonds is 11. The van der Waals surface area contributed by atoms with E-state index in [4.69, 9.17) is 11.6 Å². The first-order valence-corrected chi connectivity index (χ1v) is 21.2. The predicted molar refractivity (Wildman–Crippen MR) is 183 cm³/mol. The van der Waals surface area contributed by atoms with E-state index in [0.717, 1.165) is 68.5 Å². The number of aliphatic carboxylic acids is 1. The fourth-order valence-electron chi connectivity index (χ4n) is 6.86. The second-order valence-corrected chi connectivity index (χ2v) is 19.8. The van der Waals surface area contributed by atoms with Crippen molar-refractivity contribution in [1.82, 2.24) is 19.3 Å². The topological polar surface area (TPSA) is 166 Å². The first-order chi connectivity index (χ1) is 21.7. The number of carboxylic acid groups (broad SMARTS) is 1. The van der Waals surface area contributed by atoms with Gasteiger partial charge in [0.25, 0.3) is 10.0 Å². The zero-order valence-electron chi connectivity index (χ0n) is 25.1. The van der Waals surface area contributed by atoms with Gasteiger partial charge in [-0.15, -0.1) is 11.3 Å². The number of nitrogens with one attached hydrogen (secondary N) is 2. The van der Waals surface area contributed by atoms with Crippen molar-refractivity contribution in [3.05, 3.63) is 37.3 Å². The number of hydrogen-bond acceptors (Lipinski definition) is 9. The van der Waals surface area contributed by atoms with Crippen LogP contribution < -0.4 is 10.0 Å². The molecule has 2 saturated heterocycles. The molecule has 256 valence electrons. The van der Waals surface area contributed by atoms with E-state index in [0.29, 0.717) is 44.6 Å². The molecule has 2 aromatic rings. The number of piperidine rings is 2. The summed E-state index contributed by atoms with van der Waals surface area (Å²) in [6, 6.07) is 2.13. The average molecular weight is 847 g/mol. The Morgan fingerprint density at radius 3 is 2.41 bits per heavy atom. The third kappa shape index (κ3) is 8.72. The Morgan fingerprint density at radius 2 is 1.76 bits per heavy atom. The van der Waals surface area contributed by atoms with Gasteiger partial charge in [0.15, 0.2) is 0 Å². The van der Waals surface area contributed by atoms with Crippen LogP contribution in [0.4, 0.5) is 0 Å². The number of nitrogens with zero attached hydrogens (tertiary/aromatic N) is 2. The van der Waals surface area contributed by atoms with Gasteiger partial charge in [-0.25, -0.2) is 21.6 Å². The summed E-state index contributed by atoms with van der Waals surface area (Å²) in [5, 5.41) is 23.1. The number of sulfonamides is 2. The number of aliphatic hydroxyl groups is 1. The van der Waals surface area contributed by atoms with Crippen LogP contribution in [0.1, 0.15) is 75.9 Å². The number of pyridine rings is 1. The van der Waals surface area contributed by atoms with Crippen molar-refractivity contribution >= 4 is 80.8 Å². The van der Waals surface area contributed by atoms with Gasteiger partial charge in [0.05, 0.1) is 23.8 Å². The van der Waals surface area contributed by atoms with Crippen LogP contribution in [0.25, 0.3) is 0 Å². The van der Waals surface area contributed by atoms with Crippen LogP contribution in [-0.2, 0) is 24.8 Å². The molecule has 0 radical (unpaired) electrons. The van der Waals surface area contributed by atoms with Crippen molar-refractivity contribution in [2.45, 2.75) is 91.5 Å². The number of aliphatic hydroxyl groups excluding tert-OH is 1. The number of hydrogen-bond donors (Lipinski definition) is 4. The first kappa shape index (κ1) is 36.6. The summed E-state index contributed by atoms with van der Waals surface area (Å²) in [5.41, 5.74) is 0.729. The Hall–Kier alpha value is -0.690.